The molecule has 7 heteroatoms. The van der Waals surface area contributed by atoms with Crippen LogP contribution in [0.25, 0.3) is 0 Å². The number of aliphatic carboxylic acids is 1. The standard InChI is InChI=1S/C14H16FNO5/c1-20-10-5-8(9(15)6-11(10)21-2)12(17)16-7-14(3-4-14)13(18)19/h5-6H,3-4,7H2,1-2H3,(H,16,17)(H,18,19). The molecule has 21 heavy (non-hydrogen) atoms. The van der Waals surface area contributed by atoms with Crippen LogP contribution < -0.4 is 14.8 Å². The van der Waals surface area contributed by atoms with E-state index in [9.17, 15) is 14.0 Å². The van der Waals surface area contributed by atoms with Gasteiger partial charge in [0.25, 0.3) is 5.91 Å². The molecule has 1 aromatic carbocycles. The summed E-state index contributed by atoms with van der Waals surface area (Å²) in [5.74, 6) is -1.99. The molecule has 1 fully saturated rings. The van der Waals surface area contributed by atoms with Gasteiger partial charge in [0.1, 0.15) is 5.82 Å². The minimum absolute atomic E-state index is 0.0189. The molecule has 1 aliphatic rings. The van der Waals surface area contributed by atoms with Gasteiger partial charge in [-0.1, -0.05) is 0 Å². The Morgan fingerprint density at radius 2 is 1.86 bits per heavy atom. The molecule has 0 saturated heterocycles. The zero-order valence-corrected chi connectivity index (χ0v) is 11.7. The summed E-state index contributed by atoms with van der Waals surface area (Å²) in [5.41, 5.74) is -1.11. The molecular formula is C14H16FNO5. The first-order chi connectivity index (χ1) is 9.93. The van der Waals surface area contributed by atoms with Gasteiger partial charge in [-0.05, 0) is 18.9 Å². The fourth-order valence-electron chi connectivity index (χ4n) is 1.99. The van der Waals surface area contributed by atoms with Crippen molar-refractivity contribution < 1.29 is 28.6 Å². The number of hydrogen-bond donors (Lipinski definition) is 2. The van der Waals surface area contributed by atoms with Crippen molar-refractivity contribution >= 4 is 11.9 Å². The first kappa shape index (κ1) is 15.1. The molecule has 2 rings (SSSR count). The van der Waals surface area contributed by atoms with Crippen molar-refractivity contribution in [1.29, 1.82) is 0 Å². The lowest BCUT2D eigenvalue weighted by Gasteiger charge is -2.13. The third-order valence-corrected chi connectivity index (χ3v) is 3.61. The number of hydrogen-bond acceptors (Lipinski definition) is 4. The predicted octanol–water partition coefficient (Wildman–Crippen LogP) is 1.44. The fraction of sp³-hybridized carbons (Fsp3) is 0.429. The van der Waals surface area contributed by atoms with Crippen LogP contribution in [0.15, 0.2) is 12.1 Å². The molecule has 0 unspecified atom stereocenters. The summed E-state index contributed by atoms with van der Waals surface area (Å²) in [6.45, 7) is -0.0189. The summed E-state index contributed by atoms with van der Waals surface area (Å²) < 4.78 is 23.8. The van der Waals surface area contributed by atoms with Gasteiger partial charge in [0.05, 0.1) is 25.2 Å². The van der Waals surface area contributed by atoms with E-state index < -0.39 is 23.1 Å². The van der Waals surface area contributed by atoms with E-state index in [1.54, 1.807) is 0 Å². The zero-order valence-electron chi connectivity index (χ0n) is 11.7. The van der Waals surface area contributed by atoms with Crippen LogP contribution in [-0.2, 0) is 4.79 Å². The van der Waals surface area contributed by atoms with Crippen molar-refractivity contribution in [1.82, 2.24) is 5.32 Å². The molecule has 0 radical (unpaired) electrons. The van der Waals surface area contributed by atoms with Gasteiger partial charge in [-0.15, -0.1) is 0 Å². The van der Waals surface area contributed by atoms with Crippen molar-refractivity contribution in [2.24, 2.45) is 5.41 Å². The average Bonchev–Trinajstić information content (AvgIpc) is 3.25. The normalized spacial score (nSPS) is 15.2. The van der Waals surface area contributed by atoms with Crippen LogP contribution in [0.1, 0.15) is 23.2 Å². The highest BCUT2D eigenvalue weighted by atomic mass is 19.1. The number of benzene rings is 1. The Kier molecular flexibility index (Phi) is 4.02. The van der Waals surface area contributed by atoms with Gasteiger partial charge in [0.15, 0.2) is 11.5 Å². The van der Waals surface area contributed by atoms with Crippen molar-refractivity contribution in [2.75, 3.05) is 20.8 Å². The monoisotopic (exact) mass is 297 g/mol. The van der Waals surface area contributed by atoms with Gasteiger partial charge >= 0.3 is 5.97 Å². The molecule has 1 aromatic rings. The summed E-state index contributed by atoms with van der Waals surface area (Å²) >= 11 is 0. The summed E-state index contributed by atoms with van der Waals surface area (Å²) in [6, 6.07) is 2.28. The van der Waals surface area contributed by atoms with E-state index in [1.807, 2.05) is 0 Å². The third kappa shape index (κ3) is 2.91. The van der Waals surface area contributed by atoms with Crippen LogP contribution in [0.2, 0.25) is 0 Å². The number of amides is 1. The van der Waals surface area contributed by atoms with Crippen molar-refractivity contribution in [3.05, 3.63) is 23.5 Å². The SMILES string of the molecule is COc1cc(F)c(C(=O)NCC2(C(=O)O)CC2)cc1OC. The van der Waals surface area contributed by atoms with Crippen molar-refractivity contribution in [3.63, 3.8) is 0 Å². The Labute approximate surface area is 120 Å². The van der Waals surface area contributed by atoms with Gasteiger partial charge < -0.3 is 19.9 Å². The maximum atomic E-state index is 13.9. The lowest BCUT2D eigenvalue weighted by atomic mass is 10.1. The molecule has 2 N–H and O–H groups in total. The largest absolute Gasteiger partial charge is 0.493 e. The zero-order chi connectivity index (χ0) is 15.6. The molecule has 0 aromatic heterocycles. The number of nitrogens with one attached hydrogen (secondary N) is 1. The van der Waals surface area contributed by atoms with E-state index in [1.165, 1.54) is 20.3 Å². The van der Waals surface area contributed by atoms with E-state index in [-0.39, 0.29) is 23.6 Å². The van der Waals surface area contributed by atoms with Crippen LogP contribution in [0.5, 0.6) is 11.5 Å². The van der Waals surface area contributed by atoms with E-state index in [4.69, 9.17) is 14.6 Å². The Morgan fingerprint density at radius 1 is 1.29 bits per heavy atom. The van der Waals surface area contributed by atoms with Crippen LogP contribution in [0.3, 0.4) is 0 Å². The summed E-state index contributed by atoms with van der Waals surface area (Å²) in [4.78, 5) is 23.0. The Morgan fingerprint density at radius 3 is 2.33 bits per heavy atom. The number of halogens is 1. The molecule has 0 spiro atoms. The highest BCUT2D eigenvalue weighted by Gasteiger charge is 2.50. The molecule has 114 valence electrons. The molecule has 0 heterocycles. The highest BCUT2D eigenvalue weighted by molar-refractivity contribution is 5.95. The Balaban J connectivity index is 2.14. The molecule has 0 aliphatic heterocycles. The summed E-state index contributed by atoms with van der Waals surface area (Å²) in [6.07, 6.45) is 1.02. The highest BCUT2D eigenvalue weighted by Crippen LogP contribution is 2.45. The topological polar surface area (TPSA) is 84.9 Å². The van der Waals surface area contributed by atoms with Gasteiger partial charge in [-0.2, -0.15) is 0 Å². The summed E-state index contributed by atoms with van der Waals surface area (Å²) in [7, 11) is 2.74. The Hall–Kier alpha value is -2.31. The molecule has 0 bridgehead atoms. The Bertz CT molecular complexity index is 583. The van der Waals surface area contributed by atoms with Gasteiger partial charge in [0.2, 0.25) is 0 Å². The van der Waals surface area contributed by atoms with Gasteiger partial charge in [-0.25, -0.2) is 4.39 Å². The first-order valence-electron chi connectivity index (χ1n) is 6.36. The quantitative estimate of drug-likeness (QED) is 0.830. The van der Waals surface area contributed by atoms with E-state index in [2.05, 4.69) is 5.32 Å². The molecule has 1 amide bonds. The summed E-state index contributed by atoms with van der Waals surface area (Å²) in [5, 5.41) is 11.5. The number of carboxylic acid groups (broad SMARTS) is 1. The number of carbonyl (C=O) groups is 2. The predicted molar refractivity (Wildman–Crippen MR) is 71.1 cm³/mol. The minimum Gasteiger partial charge on any atom is -0.493 e. The van der Waals surface area contributed by atoms with Crippen molar-refractivity contribution in [2.45, 2.75) is 12.8 Å². The second-order valence-corrected chi connectivity index (χ2v) is 4.96. The lowest BCUT2D eigenvalue weighted by Crippen LogP contribution is -2.34. The van der Waals surface area contributed by atoms with E-state index in [0.29, 0.717) is 12.8 Å². The second kappa shape index (κ2) is 5.59. The lowest BCUT2D eigenvalue weighted by molar-refractivity contribution is -0.143. The maximum absolute atomic E-state index is 13.9. The van der Waals surface area contributed by atoms with E-state index in [0.717, 1.165) is 6.07 Å². The number of ether oxygens (including phenoxy) is 2. The fourth-order valence-corrected chi connectivity index (χ4v) is 1.99. The molecule has 0 atom stereocenters. The number of methoxy groups -OCH3 is 2. The molecule has 6 nitrogen and oxygen atoms in total. The number of rotatable bonds is 6. The van der Waals surface area contributed by atoms with Gasteiger partial charge in [0, 0.05) is 12.6 Å². The minimum atomic E-state index is -0.949. The van der Waals surface area contributed by atoms with Crippen LogP contribution in [0.4, 0.5) is 4.39 Å². The molecule has 1 saturated carbocycles. The molecular weight excluding hydrogens is 281 g/mol. The van der Waals surface area contributed by atoms with Crippen LogP contribution in [-0.4, -0.2) is 37.7 Å². The van der Waals surface area contributed by atoms with Gasteiger partial charge in [-0.3, -0.25) is 9.59 Å². The van der Waals surface area contributed by atoms with Crippen LogP contribution in [0, 0.1) is 11.2 Å². The maximum Gasteiger partial charge on any atom is 0.311 e. The first-order valence-corrected chi connectivity index (χ1v) is 6.36. The number of carboxylic acids is 1. The van der Waals surface area contributed by atoms with E-state index >= 15 is 0 Å². The molecule has 1 aliphatic carbocycles. The van der Waals surface area contributed by atoms with Crippen LogP contribution >= 0.6 is 0 Å². The third-order valence-electron chi connectivity index (χ3n) is 3.61. The average molecular weight is 297 g/mol. The second-order valence-electron chi connectivity index (χ2n) is 4.96. The van der Waals surface area contributed by atoms with Crippen molar-refractivity contribution in [3.8, 4) is 11.5 Å². The number of carbonyl (C=O) groups excluding carboxylic acids is 1. The smallest absolute Gasteiger partial charge is 0.311 e.